The number of benzene rings is 2. The van der Waals surface area contributed by atoms with E-state index in [0.29, 0.717) is 11.2 Å². The summed E-state index contributed by atoms with van der Waals surface area (Å²) in [6.07, 6.45) is 0. The van der Waals surface area contributed by atoms with Crippen molar-refractivity contribution in [3.63, 3.8) is 0 Å². The Morgan fingerprint density at radius 1 is 1.11 bits per heavy atom. The van der Waals surface area contributed by atoms with Crippen molar-refractivity contribution in [1.82, 2.24) is 4.98 Å². The molecule has 3 rings (SSSR count). The average Bonchev–Trinajstić information content (AvgIpc) is 2.45. The maximum Gasteiger partial charge on any atom is 0.149 e. The monoisotopic (exact) mass is 267 g/mol. The fourth-order valence-corrected chi connectivity index (χ4v) is 2.52. The molecule has 0 amide bonds. The molecule has 0 aliphatic carbocycles. The van der Waals surface area contributed by atoms with E-state index in [0.717, 1.165) is 16.2 Å². The van der Waals surface area contributed by atoms with Crippen LogP contribution in [0.5, 0.6) is 0 Å². The van der Waals surface area contributed by atoms with Gasteiger partial charge in [0.1, 0.15) is 11.8 Å². The second kappa shape index (κ2) is 4.43. The smallest absolute Gasteiger partial charge is 0.149 e. The van der Waals surface area contributed by atoms with E-state index >= 15 is 0 Å². The quantitative estimate of drug-likeness (QED) is 0.501. The topological polar surface area (TPSA) is 76.8 Å². The van der Waals surface area contributed by atoms with E-state index in [1.165, 1.54) is 6.07 Å². The largest absolute Gasteiger partial charge is 0.768 e. The number of nitriles is 1. The normalized spacial score (nSPS) is 12.4. The van der Waals surface area contributed by atoms with E-state index in [1.807, 2.05) is 18.2 Å². The van der Waals surface area contributed by atoms with Crippen molar-refractivity contribution >= 4 is 32.8 Å². The van der Waals surface area contributed by atoms with Gasteiger partial charge in [0, 0.05) is 15.7 Å². The number of hydrogen-bond acceptors (Lipinski definition) is 4. The van der Waals surface area contributed by atoms with E-state index in [2.05, 4.69) is 11.1 Å². The van der Waals surface area contributed by atoms with Crippen molar-refractivity contribution in [3.8, 4) is 6.07 Å². The van der Waals surface area contributed by atoms with E-state index in [4.69, 9.17) is 5.26 Å². The molecule has 0 saturated carbocycles. The molecule has 3 aromatic rings. The molecule has 4 nitrogen and oxygen atoms in total. The molecule has 1 heterocycles. The molecule has 92 valence electrons. The first kappa shape index (κ1) is 11.8. The van der Waals surface area contributed by atoms with Crippen LogP contribution in [0.3, 0.4) is 0 Å². The number of nitrogens with zero attached hydrogens (tertiary/aromatic N) is 2. The molecule has 5 heteroatoms. The first-order valence-electron chi connectivity index (χ1n) is 5.52. The summed E-state index contributed by atoms with van der Waals surface area (Å²) < 4.78 is 22.1. The molecule has 1 aromatic heterocycles. The summed E-state index contributed by atoms with van der Waals surface area (Å²) in [6.45, 7) is 0. The lowest BCUT2D eigenvalue weighted by Gasteiger charge is -2.09. The van der Waals surface area contributed by atoms with Crippen molar-refractivity contribution in [1.29, 1.82) is 5.26 Å². The van der Waals surface area contributed by atoms with E-state index in [-0.39, 0.29) is 4.90 Å². The molecule has 0 aliphatic rings. The van der Waals surface area contributed by atoms with Crippen LogP contribution in [-0.2, 0) is 11.1 Å². The summed E-state index contributed by atoms with van der Waals surface area (Å²) in [6, 6.07) is 14.1. The van der Waals surface area contributed by atoms with Crippen LogP contribution in [0.25, 0.3) is 21.7 Å². The first-order chi connectivity index (χ1) is 9.20. The minimum atomic E-state index is -2.28. The van der Waals surface area contributed by atoms with Gasteiger partial charge < -0.3 is 4.55 Å². The third-order valence-electron chi connectivity index (χ3n) is 2.97. The Labute approximate surface area is 111 Å². The highest BCUT2D eigenvalue weighted by atomic mass is 32.2. The fourth-order valence-electron chi connectivity index (χ4n) is 2.12. The SMILES string of the molecule is N#Cc1nc2ccc(S(=O)[O-])cc2c2ccccc12. The van der Waals surface area contributed by atoms with Gasteiger partial charge in [-0.15, -0.1) is 0 Å². The Bertz CT molecular complexity index is 868. The van der Waals surface area contributed by atoms with Crippen LogP contribution >= 0.6 is 0 Å². The molecule has 0 bridgehead atoms. The van der Waals surface area contributed by atoms with E-state index in [9.17, 15) is 8.76 Å². The summed E-state index contributed by atoms with van der Waals surface area (Å²) in [5.41, 5.74) is 0.962. The van der Waals surface area contributed by atoms with E-state index < -0.39 is 11.1 Å². The van der Waals surface area contributed by atoms with Crippen molar-refractivity contribution < 1.29 is 8.76 Å². The molecule has 0 aliphatic heterocycles. The van der Waals surface area contributed by atoms with Gasteiger partial charge in [0.15, 0.2) is 0 Å². The van der Waals surface area contributed by atoms with Crippen LogP contribution in [0, 0.1) is 11.3 Å². The third-order valence-corrected chi connectivity index (χ3v) is 3.61. The molecular formula is C14H7N2O2S-. The minimum Gasteiger partial charge on any atom is -0.768 e. The number of fused-ring (bicyclic) bond motifs is 3. The Morgan fingerprint density at radius 2 is 1.84 bits per heavy atom. The zero-order chi connectivity index (χ0) is 13.4. The zero-order valence-electron chi connectivity index (χ0n) is 9.66. The summed E-state index contributed by atoms with van der Waals surface area (Å²) in [4.78, 5) is 4.47. The maximum atomic E-state index is 11.0. The molecule has 0 radical (unpaired) electrons. The second-order valence-electron chi connectivity index (χ2n) is 4.03. The molecule has 0 spiro atoms. The summed E-state index contributed by atoms with van der Waals surface area (Å²) in [5.74, 6) is 0. The van der Waals surface area contributed by atoms with Crippen LogP contribution in [-0.4, -0.2) is 13.7 Å². The Balaban J connectivity index is 2.52. The molecule has 19 heavy (non-hydrogen) atoms. The fraction of sp³-hybridized carbons (Fsp3) is 0. The first-order valence-corrected chi connectivity index (χ1v) is 6.60. The van der Waals surface area contributed by atoms with Gasteiger partial charge in [-0.25, -0.2) is 4.98 Å². The molecular weight excluding hydrogens is 260 g/mol. The molecule has 0 N–H and O–H groups in total. The van der Waals surface area contributed by atoms with Gasteiger partial charge in [0.05, 0.1) is 5.52 Å². The molecule has 0 fully saturated rings. The Kier molecular flexibility index (Phi) is 2.75. The zero-order valence-corrected chi connectivity index (χ0v) is 10.5. The van der Waals surface area contributed by atoms with Crippen LogP contribution in [0.4, 0.5) is 0 Å². The van der Waals surface area contributed by atoms with Gasteiger partial charge in [0.2, 0.25) is 0 Å². The van der Waals surface area contributed by atoms with Gasteiger partial charge in [-0.3, -0.25) is 4.21 Å². The van der Waals surface area contributed by atoms with Gasteiger partial charge in [-0.1, -0.05) is 24.3 Å². The predicted molar refractivity (Wildman–Crippen MR) is 71.1 cm³/mol. The van der Waals surface area contributed by atoms with Crippen LogP contribution in [0.1, 0.15) is 5.69 Å². The maximum absolute atomic E-state index is 11.0. The summed E-state index contributed by atoms with van der Waals surface area (Å²) in [7, 11) is 0. The van der Waals surface area contributed by atoms with Crippen molar-refractivity contribution in [3.05, 3.63) is 48.2 Å². The standard InChI is InChI=1S/C14H8N2O2S/c15-8-14-11-4-2-1-3-10(11)12-7-9(19(17)18)5-6-13(12)16-14/h1-7H,(H,17,18)/p-1. The van der Waals surface area contributed by atoms with E-state index in [1.54, 1.807) is 18.2 Å². The number of pyridine rings is 1. The van der Waals surface area contributed by atoms with Crippen LogP contribution in [0.2, 0.25) is 0 Å². The Morgan fingerprint density at radius 3 is 2.53 bits per heavy atom. The Hall–Kier alpha value is -2.29. The number of hydrogen-bond donors (Lipinski definition) is 0. The number of aromatic nitrogens is 1. The van der Waals surface area contributed by atoms with Gasteiger partial charge in [-0.2, -0.15) is 5.26 Å². The van der Waals surface area contributed by atoms with Crippen LogP contribution in [0.15, 0.2) is 47.4 Å². The third kappa shape index (κ3) is 1.87. The van der Waals surface area contributed by atoms with Crippen molar-refractivity contribution in [2.75, 3.05) is 0 Å². The minimum absolute atomic E-state index is 0.212. The summed E-state index contributed by atoms with van der Waals surface area (Å²) >= 11 is -2.28. The van der Waals surface area contributed by atoms with Crippen LogP contribution < -0.4 is 0 Å². The van der Waals surface area contributed by atoms with Gasteiger partial charge >= 0.3 is 0 Å². The van der Waals surface area contributed by atoms with Gasteiger partial charge in [0.25, 0.3) is 0 Å². The van der Waals surface area contributed by atoms with Gasteiger partial charge in [-0.05, 0) is 34.7 Å². The molecule has 2 aromatic carbocycles. The lowest BCUT2D eigenvalue weighted by Crippen LogP contribution is -1.92. The second-order valence-corrected chi connectivity index (χ2v) is 4.97. The number of rotatable bonds is 1. The predicted octanol–water partition coefficient (Wildman–Crippen LogP) is 2.50. The van der Waals surface area contributed by atoms with Crippen molar-refractivity contribution in [2.24, 2.45) is 0 Å². The highest BCUT2D eigenvalue weighted by molar-refractivity contribution is 7.79. The highest BCUT2D eigenvalue weighted by Crippen LogP contribution is 2.27. The molecule has 1 atom stereocenters. The summed E-state index contributed by atoms with van der Waals surface area (Å²) in [5, 5.41) is 11.4. The highest BCUT2D eigenvalue weighted by Gasteiger charge is 2.08. The molecule has 1 unspecified atom stereocenters. The average molecular weight is 267 g/mol. The van der Waals surface area contributed by atoms with Crippen molar-refractivity contribution in [2.45, 2.75) is 4.90 Å². The lowest BCUT2D eigenvalue weighted by molar-refractivity contribution is 0.537. The molecule has 0 saturated heterocycles. The lowest BCUT2D eigenvalue weighted by atomic mass is 10.0.